The van der Waals surface area contributed by atoms with Gasteiger partial charge in [0.2, 0.25) is 0 Å². The van der Waals surface area contributed by atoms with Crippen LogP contribution in [-0.2, 0) is 6.54 Å². The summed E-state index contributed by atoms with van der Waals surface area (Å²) < 4.78 is 0. The summed E-state index contributed by atoms with van der Waals surface area (Å²) in [5.41, 5.74) is 8.17. The Kier molecular flexibility index (Phi) is 5.00. The Morgan fingerprint density at radius 1 is 1.35 bits per heavy atom. The van der Waals surface area contributed by atoms with E-state index < -0.39 is 0 Å². The van der Waals surface area contributed by atoms with Gasteiger partial charge in [-0.05, 0) is 37.1 Å². The number of anilines is 1. The molecule has 0 amide bonds. The first kappa shape index (κ1) is 15.3. The summed E-state index contributed by atoms with van der Waals surface area (Å²) >= 11 is 0. The average molecular weight is 276 g/mol. The Morgan fingerprint density at radius 3 is 2.70 bits per heavy atom. The molecule has 0 saturated carbocycles. The maximum absolute atomic E-state index is 5.84. The molecule has 1 aliphatic heterocycles. The zero-order chi connectivity index (χ0) is 14.7. The van der Waals surface area contributed by atoms with Gasteiger partial charge in [0, 0.05) is 37.9 Å². The molecule has 20 heavy (non-hydrogen) atoms. The molecule has 2 heterocycles. The monoisotopic (exact) mass is 276 g/mol. The summed E-state index contributed by atoms with van der Waals surface area (Å²) in [4.78, 5) is 9.72. The maximum atomic E-state index is 5.84. The van der Waals surface area contributed by atoms with Crippen molar-refractivity contribution >= 4 is 5.82 Å². The van der Waals surface area contributed by atoms with Crippen molar-refractivity contribution in [1.82, 2.24) is 9.88 Å². The molecule has 0 radical (unpaired) electrons. The van der Waals surface area contributed by atoms with Crippen LogP contribution in [0.3, 0.4) is 0 Å². The molecule has 1 fully saturated rings. The van der Waals surface area contributed by atoms with Crippen molar-refractivity contribution in [2.45, 2.75) is 45.7 Å². The number of rotatable bonds is 4. The van der Waals surface area contributed by atoms with Crippen LogP contribution in [0, 0.1) is 0 Å². The fraction of sp³-hybridized carbons (Fsp3) is 0.688. The number of hydrogen-bond acceptors (Lipinski definition) is 4. The van der Waals surface area contributed by atoms with Crippen molar-refractivity contribution in [2.24, 2.45) is 5.73 Å². The predicted octanol–water partition coefficient (Wildman–Crippen LogP) is 2.19. The van der Waals surface area contributed by atoms with Crippen LogP contribution in [0.25, 0.3) is 0 Å². The summed E-state index contributed by atoms with van der Waals surface area (Å²) in [5, 5.41) is 0. The number of pyridine rings is 1. The first-order valence-corrected chi connectivity index (χ1v) is 7.71. The number of piperazine rings is 1. The molecule has 0 bridgehead atoms. The molecular weight excluding hydrogens is 248 g/mol. The van der Waals surface area contributed by atoms with Crippen LogP contribution < -0.4 is 10.6 Å². The highest BCUT2D eigenvalue weighted by molar-refractivity contribution is 5.44. The van der Waals surface area contributed by atoms with Crippen molar-refractivity contribution in [3.05, 3.63) is 23.4 Å². The lowest BCUT2D eigenvalue weighted by molar-refractivity contribution is 0.213. The predicted molar refractivity (Wildman–Crippen MR) is 85.1 cm³/mol. The number of aromatic nitrogens is 1. The van der Waals surface area contributed by atoms with Crippen molar-refractivity contribution in [1.29, 1.82) is 0 Å². The molecule has 2 N–H and O–H groups in total. The van der Waals surface area contributed by atoms with Gasteiger partial charge >= 0.3 is 0 Å². The van der Waals surface area contributed by atoms with Crippen LogP contribution >= 0.6 is 0 Å². The first-order valence-electron chi connectivity index (χ1n) is 7.71. The van der Waals surface area contributed by atoms with E-state index in [0.29, 0.717) is 18.5 Å². The molecule has 4 nitrogen and oxygen atoms in total. The van der Waals surface area contributed by atoms with Crippen molar-refractivity contribution in [2.75, 3.05) is 31.6 Å². The molecule has 1 aromatic heterocycles. The van der Waals surface area contributed by atoms with E-state index in [0.717, 1.165) is 31.1 Å². The molecule has 1 unspecified atom stereocenters. The van der Waals surface area contributed by atoms with Crippen LogP contribution in [0.2, 0.25) is 0 Å². The Labute approximate surface area is 123 Å². The molecule has 112 valence electrons. The van der Waals surface area contributed by atoms with Gasteiger partial charge in [-0.2, -0.15) is 0 Å². The van der Waals surface area contributed by atoms with Crippen LogP contribution in [0.1, 0.15) is 44.4 Å². The van der Waals surface area contributed by atoms with E-state index in [1.165, 1.54) is 12.0 Å². The highest BCUT2D eigenvalue weighted by Crippen LogP contribution is 2.23. The van der Waals surface area contributed by atoms with Crippen molar-refractivity contribution in [3.8, 4) is 0 Å². The zero-order valence-electron chi connectivity index (χ0n) is 13.3. The van der Waals surface area contributed by atoms with Gasteiger partial charge in [-0.1, -0.05) is 20.8 Å². The number of nitrogens with zero attached hydrogens (tertiary/aromatic N) is 3. The van der Waals surface area contributed by atoms with E-state index in [1.807, 2.05) is 0 Å². The van der Waals surface area contributed by atoms with Crippen LogP contribution in [0.5, 0.6) is 0 Å². The third-order valence-electron chi connectivity index (χ3n) is 4.29. The Bertz CT molecular complexity index is 444. The topological polar surface area (TPSA) is 45.4 Å². The average Bonchev–Trinajstić information content (AvgIpc) is 2.47. The fourth-order valence-electron chi connectivity index (χ4n) is 2.76. The molecule has 4 heteroatoms. The lowest BCUT2D eigenvalue weighted by Crippen LogP contribution is -2.51. The Hall–Kier alpha value is -1.13. The summed E-state index contributed by atoms with van der Waals surface area (Å²) in [5.74, 6) is 1.54. The standard InChI is InChI=1S/C16H28N4/c1-5-14-11-20(7-6-19(14)4)16-9-13(10-17)8-15(18-16)12(2)3/h8-9,12,14H,5-7,10-11,17H2,1-4H3. The molecule has 1 saturated heterocycles. The lowest BCUT2D eigenvalue weighted by atomic mass is 10.1. The molecule has 1 aromatic rings. The van der Waals surface area contributed by atoms with Crippen LogP contribution in [0.15, 0.2) is 12.1 Å². The van der Waals surface area contributed by atoms with Crippen molar-refractivity contribution < 1.29 is 0 Å². The van der Waals surface area contributed by atoms with Gasteiger partial charge in [0.1, 0.15) is 5.82 Å². The number of hydrogen-bond donors (Lipinski definition) is 1. The van der Waals surface area contributed by atoms with E-state index in [4.69, 9.17) is 10.7 Å². The molecule has 0 aliphatic carbocycles. The van der Waals surface area contributed by atoms with Gasteiger partial charge in [-0.15, -0.1) is 0 Å². The highest BCUT2D eigenvalue weighted by atomic mass is 15.3. The SMILES string of the molecule is CCC1CN(c2cc(CN)cc(C(C)C)n2)CCN1C. The quantitative estimate of drug-likeness (QED) is 0.915. The Balaban J connectivity index is 2.25. The second-order valence-electron chi connectivity index (χ2n) is 6.11. The third kappa shape index (κ3) is 3.30. The number of nitrogens with two attached hydrogens (primary N) is 1. The minimum absolute atomic E-state index is 0.440. The first-order chi connectivity index (χ1) is 9.55. The molecular formula is C16H28N4. The third-order valence-corrected chi connectivity index (χ3v) is 4.29. The minimum Gasteiger partial charge on any atom is -0.354 e. The van der Waals surface area contributed by atoms with E-state index in [1.54, 1.807) is 0 Å². The van der Waals surface area contributed by atoms with Gasteiger partial charge in [0.15, 0.2) is 0 Å². The summed E-state index contributed by atoms with van der Waals surface area (Å²) in [6.45, 7) is 10.4. The lowest BCUT2D eigenvalue weighted by Gasteiger charge is -2.40. The van der Waals surface area contributed by atoms with E-state index in [9.17, 15) is 0 Å². The fourth-order valence-corrected chi connectivity index (χ4v) is 2.76. The van der Waals surface area contributed by atoms with Crippen molar-refractivity contribution in [3.63, 3.8) is 0 Å². The largest absolute Gasteiger partial charge is 0.354 e. The van der Waals surface area contributed by atoms with E-state index >= 15 is 0 Å². The van der Waals surface area contributed by atoms with Crippen LogP contribution in [0.4, 0.5) is 5.82 Å². The Morgan fingerprint density at radius 2 is 2.10 bits per heavy atom. The van der Waals surface area contributed by atoms with Gasteiger partial charge in [-0.3, -0.25) is 4.90 Å². The van der Waals surface area contributed by atoms with E-state index in [-0.39, 0.29) is 0 Å². The minimum atomic E-state index is 0.440. The summed E-state index contributed by atoms with van der Waals surface area (Å²) in [6, 6.07) is 4.92. The van der Waals surface area contributed by atoms with Gasteiger partial charge in [0.05, 0.1) is 0 Å². The summed E-state index contributed by atoms with van der Waals surface area (Å²) in [6.07, 6.45) is 1.18. The normalized spacial score (nSPS) is 20.7. The second kappa shape index (κ2) is 6.55. The van der Waals surface area contributed by atoms with Gasteiger partial charge in [-0.25, -0.2) is 4.98 Å². The maximum Gasteiger partial charge on any atom is 0.129 e. The number of likely N-dealkylation sites (N-methyl/N-ethyl adjacent to an activating group) is 1. The second-order valence-corrected chi connectivity index (χ2v) is 6.11. The smallest absolute Gasteiger partial charge is 0.129 e. The van der Waals surface area contributed by atoms with E-state index in [2.05, 4.69) is 49.8 Å². The van der Waals surface area contributed by atoms with Gasteiger partial charge < -0.3 is 10.6 Å². The molecule has 1 aliphatic rings. The molecule has 0 spiro atoms. The molecule has 2 rings (SSSR count). The zero-order valence-corrected chi connectivity index (χ0v) is 13.3. The highest BCUT2D eigenvalue weighted by Gasteiger charge is 2.24. The molecule has 1 atom stereocenters. The summed E-state index contributed by atoms with van der Waals surface area (Å²) in [7, 11) is 2.22. The van der Waals surface area contributed by atoms with Crippen LogP contribution in [-0.4, -0.2) is 42.6 Å². The molecule has 0 aromatic carbocycles. The van der Waals surface area contributed by atoms with Gasteiger partial charge in [0.25, 0.3) is 0 Å².